The van der Waals surface area contributed by atoms with Gasteiger partial charge in [0.15, 0.2) is 0 Å². The van der Waals surface area contributed by atoms with Gasteiger partial charge in [0.1, 0.15) is 11.7 Å². The third-order valence-corrected chi connectivity index (χ3v) is 3.70. The van der Waals surface area contributed by atoms with Crippen molar-refractivity contribution in [2.45, 2.75) is 57.3 Å². The maximum atomic E-state index is 11.1. The minimum atomic E-state index is -0.794. The molecule has 1 saturated carbocycles. The molecule has 17 heavy (non-hydrogen) atoms. The molecule has 2 rings (SSSR count). The lowest BCUT2D eigenvalue weighted by molar-refractivity contribution is -0.139. The average molecular weight is 236 g/mol. The lowest BCUT2D eigenvalue weighted by atomic mass is 9.87. The van der Waals surface area contributed by atoms with Crippen molar-refractivity contribution in [2.24, 2.45) is 0 Å². The summed E-state index contributed by atoms with van der Waals surface area (Å²) in [6, 6.07) is 0. The van der Waals surface area contributed by atoms with Crippen molar-refractivity contribution in [3.8, 4) is 0 Å². The highest BCUT2D eigenvalue weighted by Gasteiger charge is 2.23. The molecule has 1 unspecified atom stereocenters. The first kappa shape index (κ1) is 12.1. The van der Waals surface area contributed by atoms with Crippen LogP contribution in [0.4, 0.5) is 0 Å². The van der Waals surface area contributed by atoms with Gasteiger partial charge in [-0.15, -0.1) is 0 Å². The third-order valence-electron chi connectivity index (χ3n) is 3.70. The maximum absolute atomic E-state index is 11.1. The Bertz CT molecular complexity index is 381. The van der Waals surface area contributed by atoms with Gasteiger partial charge in [0.05, 0.1) is 0 Å². The fourth-order valence-corrected chi connectivity index (χ4v) is 2.63. The Morgan fingerprint density at radius 3 is 2.82 bits per heavy atom. The van der Waals surface area contributed by atoms with Crippen molar-refractivity contribution in [3.05, 3.63) is 17.7 Å². The van der Waals surface area contributed by atoms with Crippen LogP contribution in [0.2, 0.25) is 0 Å². The largest absolute Gasteiger partial charge is 0.481 e. The Morgan fingerprint density at radius 2 is 2.24 bits per heavy atom. The molecule has 0 amide bonds. The van der Waals surface area contributed by atoms with Gasteiger partial charge in [-0.2, -0.15) is 0 Å². The number of H-pyrrole nitrogens is 1. The molecular weight excluding hydrogens is 216 g/mol. The topological polar surface area (TPSA) is 66.0 Å². The summed E-state index contributed by atoms with van der Waals surface area (Å²) >= 11 is 0. The van der Waals surface area contributed by atoms with Gasteiger partial charge in [0, 0.05) is 17.8 Å². The zero-order valence-corrected chi connectivity index (χ0v) is 10.3. The Balaban J connectivity index is 2.11. The van der Waals surface area contributed by atoms with E-state index in [0.29, 0.717) is 18.2 Å². The van der Waals surface area contributed by atoms with Gasteiger partial charge < -0.3 is 10.1 Å². The predicted octanol–water partition coefficient (Wildman–Crippen LogP) is 3.04. The van der Waals surface area contributed by atoms with Crippen LogP contribution >= 0.6 is 0 Å². The van der Waals surface area contributed by atoms with Gasteiger partial charge in [0.25, 0.3) is 0 Å². The summed E-state index contributed by atoms with van der Waals surface area (Å²) in [7, 11) is 0. The molecule has 1 aliphatic rings. The van der Waals surface area contributed by atoms with Crippen LogP contribution in [0.15, 0.2) is 6.20 Å². The second kappa shape index (κ2) is 5.34. The molecule has 1 atom stereocenters. The van der Waals surface area contributed by atoms with Crippen LogP contribution in [0.1, 0.15) is 68.8 Å². The molecule has 4 heteroatoms. The van der Waals surface area contributed by atoms with Crippen molar-refractivity contribution >= 4 is 5.97 Å². The molecule has 1 fully saturated rings. The summed E-state index contributed by atoms with van der Waals surface area (Å²) in [5, 5.41) is 9.09. The van der Waals surface area contributed by atoms with Crippen LogP contribution in [0.3, 0.4) is 0 Å². The van der Waals surface area contributed by atoms with E-state index >= 15 is 0 Å². The summed E-state index contributed by atoms with van der Waals surface area (Å²) in [6.45, 7) is 1.88. The predicted molar refractivity (Wildman–Crippen MR) is 65.1 cm³/mol. The Labute approximate surface area is 101 Å². The molecule has 1 aromatic heterocycles. The number of carbonyl (C=O) groups is 1. The van der Waals surface area contributed by atoms with E-state index in [-0.39, 0.29) is 0 Å². The summed E-state index contributed by atoms with van der Waals surface area (Å²) in [5.74, 6) is -0.124. The summed E-state index contributed by atoms with van der Waals surface area (Å²) < 4.78 is 0. The van der Waals surface area contributed by atoms with Crippen LogP contribution in [-0.2, 0) is 4.79 Å². The van der Waals surface area contributed by atoms with E-state index in [4.69, 9.17) is 5.11 Å². The SMILES string of the molecule is CCC(C(=O)O)c1ncc(C2CCCCC2)[nH]1. The first-order chi connectivity index (χ1) is 8.22. The van der Waals surface area contributed by atoms with Gasteiger partial charge in [-0.1, -0.05) is 26.2 Å². The van der Waals surface area contributed by atoms with Crippen molar-refractivity contribution in [3.63, 3.8) is 0 Å². The van der Waals surface area contributed by atoms with Crippen LogP contribution in [0, 0.1) is 0 Å². The molecule has 1 aliphatic carbocycles. The van der Waals surface area contributed by atoms with Gasteiger partial charge in [-0.25, -0.2) is 4.98 Å². The molecule has 0 aromatic carbocycles. The summed E-state index contributed by atoms with van der Waals surface area (Å²) in [4.78, 5) is 18.5. The van der Waals surface area contributed by atoms with E-state index < -0.39 is 11.9 Å². The van der Waals surface area contributed by atoms with E-state index in [1.165, 1.54) is 32.1 Å². The molecule has 94 valence electrons. The number of carboxylic acids is 1. The maximum Gasteiger partial charge on any atom is 0.314 e. The molecular formula is C13H20N2O2. The van der Waals surface area contributed by atoms with Crippen molar-refractivity contribution in [1.82, 2.24) is 9.97 Å². The second-order valence-corrected chi connectivity index (χ2v) is 4.86. The minimum Gasteiger partial charge on any atom is -0.481 e. The standard InChI is InChI=1S/C13H20N2O2/c1-2-10(13(16)17)12-14-8-11(15-12)9-6-4-3-5-7-9/h8-10H,2-7H2,1H3,(H,14,15)(H,16,17). The number of nitrogens with zero attached hydrogens (tertiary/aromatic N) is 1. The highest BCUT2D eigenvalue weighted by Crippen LogP contribution is 2.32. The Morgan fingerprint density at radius 1 is 1.53 bits per heavy atom. The minimum absolute atomic E-state index is 0.493. The lowest BCUT2D eigenvalue weighted by Gasteiger charge is -2.20. The van der Waals surface area contributed by atoms with E-state index in [2.05, 4.69) is 9.97 Å². The Kier molecular flexibility index (Phi) is 3.82. The van der Waals surface area contributed by atoms with Gasteiger partial charge in [0.2, 0.25) is 0 Å². The van der Waals surface area contributed by atoms with E-state index in [1.54, 1.807) is 0 Å². The molecule has 0 saturated heterocycles. The normalized spacial score (nSPS) is 19.1. The number of carboxylic acid groups (broad SMARTS) is 1. The number of aliphatic carboxylic acids is 1. The molecule has 0 spiro atoms. The van der Waals surface area contributed by atoms with Crippen molar-refractivity contribution < 1.29 is 9.90 Å². The number of aromatic amines is 1. The lowest BCUT2D eigenvalue weighted by Crippen LogP contribution is -2.12. The quantitative estimate of drug-likeness (QED) is 0.844. The van der Waals surface area contributed by atoms with E-state index in [0.717, 1.165) is 5.69 Å². The highest BCUT2D eigenvalue weighted by atomic mass is 16.4. The molecule has 1 heterocycles. The molecule has 2 N–H and O–H groups in total. The first-order valence-electron chi connectivity index (χ1n) is 6.50. The molecule has 4 nitrogen and oxygen atoms in total. The fourth-order valence-electron chi connectivity index (χ4n) is 2.63. The van der Waals surface area contributed by atoms with Crippen LogP contribution < -0.4 is 0 Å². The van der Waals surface area contributed by atoms with E-state index in [9.17, 15) is 4.79 Å². The summed E-state index contributed by atoms with van der Waals surface area (Å²) in [5.41, 5.74) is 1.12. The second-order valence-electron chi connectivity index (χ2n) is 4.86. The van der Waals surface area contributed by atoms with E-state index in [1.807, 2.05) is 13.1 Å². The monoisotopic (exact) mass is 236 g/mol. The summed E-state index contributed by atoms with van der Waals surface area (Å²) in [6.07, 6.45) is 8.68. The smallest absolute Gasteiger partial charge is 0.314 e. The molecule has 0 aliphatic heterocycles. The molecule has 0 bridgehead atoms. The zero-order chi connectivity index (χ0) is 12.3. The van der Waals surface area contributed by atoms with Gasteiger partial charge >= 0.3 is 5.97 Å². The Hall–Kier alpha value is -1.32. The van der Waals surface area contributed by atoms with Gasteiger partial charge in [-0.05, 0) is 19.3 Å². The van der Waals surface area contributed by atoms with Crippen LogP contribution in [-0.4, -0.2) is 21.0 Å². The zero-order valence-electron chi connectivity index (χ0n) is 10.3. The number of nitrogens with one attached hydrogen (secondary N) is 1. The highest BCUT2D eigenvalue weighted by molar-refractivity contribution is 5.74. The van der Waals surface area contributed by atoms with Gasteiger partial charge in [-0.3, -0.25) is 4.79 Å². The number of aromatic nitrogens is 2. The number of rotatable bonds is 4. The average Bonchev–Trinajstić information content (AvgIpc) is 2.80. The number of imidazole rings is 1. The molecule has 1 aromatic rings. The van der Waals surface area contributed by atoms with Crippen LogP contribution in [0.5, 0.6) is 0 Å². The fraction of sp³-hybridized carbons (Fsp3) is 0.692. The molecule has 0 radical (unpaired) electrons. The van der Waals surface area contributed by atoms with Crippen LogP contribution in [0.25, 0.3) is 0 Å². The first-order valence-corrected chi connectivity index (χ1v) is 6.50. The third kappa shape index (κ3) is 2.68. The van der Waals surface area contributed by atoms with Crippen molar-refractivity contribution in [1.29, 1.82) is 0 Å². The number of hydrogen-bond acceptors (Lipinski definition) is 2. The van der Waals surface area contributed by atoms with Crippen molar-refractivity contribution in [2.75, 3.05) is 0 Å². The number of hydrogen-bond donors (Lipinski definition) is 2.